The van der Waals surface area contributed by atoms with E-state index >= 15 is 0 Å². The van der Waals surface area contributed by atoms with Crippen LogP contribution in [0.5, 0.6) is 0 Å². The van der Waals surface area contributed by atoms with Gasteiger partial charge in [-0.2, -0.15) is 0 Å². The second-order valence-electron chi connectivity index (χ2n) is 8.01. The summed E-state index contributed by atoms with van der Waals surface area (Å²) in [4.78, 5) is 12.4. The summed E-state index contributed by atoms with van der Waals surface area (Å²) in [7, 11) is 0. The van der Waals surface area contributed by atoms with Crippen molar-refractivity contribution >= 4 is 6.09 Å². The fourth-order valence-electron chi connectivity index (χ4n) is 4.75. The van der Waals surface area contributed by atoms with Gasteiger partial charge in [-0.3, -0.25) is 0 Å². The number of benzene rings is 3. The largest absolute Gasteiger partial charge is 0.449 e. The first-order chi connectivity index (χ1) is 14.5. The third-order valence-corrected chi connectivity index (χ3v) is 6.25. The molecular weight excluding hydrogens is 381 g/mol. The van der Waals surface area contributed by atoms with E-state index in [0.29, 0.717) is 18.4 Å². The van der Waals surface area contributed by atoms with E-state index in [1.54, 1.807) is 6.07 Å². The molecule has 3 aromatic rings. The van der Waals surface area contributed by atoms with E-state index in [1.807, 2.05) is 24.3 Å². The first-order valence-corrected chi connectivity index (χ1v) is 10.2. The number of carbonyl (C=O) groups excluding carboxylic acids is 1. The molecule has 5 rings (SSSR count). The first-order valence-electron chi connectivity index (χ1n) is 10.2. The summed E-state index contributed by atoms with van der Waals surface area (Å²) >= 11 is 0. The summed E-state index contributed by atoms with van der Waals surface area (Å²) in [6, 6.07) is 20.7. The summed E-state index contributed by atoms with van der Waals surface area (Å²) in [6.45, 7) is 0.252. The lowest BCUT2D eigenvalue weighted by Gasteiger charge is -2.24. The van der Waals surface area contributed by atoms with E-state index < -0.39 is 11.7 Å². The maximum Gasteiger partial charge on any atom is 0.407 e. The second kappa shape index (κ2) is 7.26. The van der Waals surface area contributed by atoms with Crippen molar-refractivity contribution in [2.45, 2.75) is 24.4 Å². The van der Waals surface area contributed by atoms with Crippen molar-refractivity contribution in [1.82, 2.24) is 5.32 Å². The van der Waals surface area contributed by atoms with E-state index in [2.05, 4.69) is 29.6 Å². The van der Waals surface area contributed by atoms with Gasteiger partial charge in [-0.1, -0.05) is 54.6 Å². The topological polar surface area (TPSA) is 58.6 Å². The molecule has 1 atom stereocenters. The van der Waals surface area contributed by atoms with Crippen LogP contribution >= 0.6 is 0 Å². The Balaban J connectivity index is 1.25. The van der Waals surface area contributed by atoms with Crippen molar-refractivity contribution in [1.29, 1.82) is 0 Å². The van der Waals surface area contributed by atoms with Crippen LogP contribution in [-0.4, -0.2) is 24.4 Å². The molecule has 0 aliphatic heterocycles. The summed E-state index contributed by atoms with van der Waals surface area (Å²) in [5.41, 5.74) is 4.90. The first kappa shape index (κ1) is 18.8. The average molecular weight is 403 g/mol. The van der Waals surface area contributed by atoms with Crippen molar-refractivity contribution < 1.29 is 19.0 Å². The smallest absolute Gasteiger partial charge is 0.407 e. The van der Waals surface area contributed by atoms with Gasteiger partial charge in [0, 0.05) is 5.92 Å². The number of alkyl carbamates (subject to hydrolysis) is 1. The van der Waals surface area contributed by atoms with Crippen LogP contribution in [0.3, 0.4) is 0 Å². The molecule has 0 aromatic heterocycles. The Bertz CT molecular complexity index is 1080. The number of hydrogen-bond donors (Lipinski definition) is 2. The molecule has 2 aliphatic rings. The zero-order valence-electron chi connectivity index (χ0n) is 16.4. The molecule has 0 radical (unpaired) electrons. The van der Waals surface area contributed by atoms with Crippen LogP contribution in [0.4, 0.5) is 9.18 Å². The van der Waals surface area contributed by atoms with Gasteiger partial charge in [0.1, 0.15) is 18.0 Å². The predicted octanol–water partition coefficient (Wildman–Crippen LogP) is 4.50. The summed E-state index contributed by atoms with van der Waals surface area (Å²) in [5.74, 6) is -0.330. The van der Waals surface area contributed by atoms with Crippen LogP contribution in [0.25, 0.3) is 11.1 Å². The number of rotatable bonds is 4. The molecule has 1 amide bonds. The minimum atomic E-state index is -1.20. The zero-order chi connectivity index (χ0) is 20.7. The van der Waals surface area contributed by atoms with Crippen molar-refractivity contribution in [2.75, 3.05) is 13.2 Å². The van der Waals surface area contributed by atoms with Crippen molar-refractivity contribution in [3.05, 3.63) is 94.8 Å². The van der Waals surface area contributed by atoms with Crippen molar-refractivity contribution in [2.24, 2.45) is 0 Å². The summed E-state index contributed by atoms with van der Waals surface area (Å²) in [6.07, 6.45) is 0.451. The highest BCUT2D eigenvalue weighted by Gasteiger charge is 2.37. The number of ether oxygens (including phenoxy) is 1. The van der Waals surface area contributed by atoms with E-state index in [-0.39, 0.29) is 24.9 Å². The molecule has 2 aliphatic carbocycles. The molecule has 4 nitrogen and oxygen atoms in total. The molecule has 152 valence electrons. The van der Waals surface area contributed by atoms with Gasteiger partial charge in [-0.25, -0.2) is 9.18 Å². The Morgan fingerprint density at radius 2 is 1.73 bits per heavy atom. The number of nitrogens with one attached hydrogen (secondary N) is 1. The fraction of sp³-hybridized carbons (Fsp3) is 0.240. The molecule has 0 spiro atoms. The number of halogens is 1. The van der Waals surface area contributed by atoms with Crippen molar-refractivity contribution in [3.63, 3.8) is 0 Å². The highest BCUT2D eigenvalue weighted by molar-refractivity contribution is 5.79. The lowest BCUT2D eigenvalue weighted by molar-refractivity contribution is 0.0365. The molecule has 0 bridgehead atoms. The monoisotopic (exact) mass is 403 g/mol. The normalized spacial score (nSPS) is 19.1. The molecule has 1 unspecified atom stereocenters. The number of hydrogen-bond acceptors (Lipinski definition) is 3. The molecule has 0 fully saturated rings. The van der Waals surface area contributed by atoms with Gasteiger partial charge in [0.15, 0.2) is 0 Å². The number of aliphatic hydroxyl groups is 1. The fourth-order valence-corrected chi connectivity index (χ4v) is 4.75. The van der Waals surface area contributed by atoms with Gasteiger partial charge in [0.25, 0.3) is 0 Å². The zero-order valence-corrected chi connectivity index (χ0v) is 16.4. The predicted molar refractivity (Wildman–Crippen MR) is 112 cm³/mol. The maximum atomic E-state index is 13.4. The summed E-state index contributed by atoms with van der Waals surface area (Å²) < 4.78 is 18.9. The lowest BCUT2D eigenvalue weighted by atomic mass is 9.96. The van der Waals surface area contributed by atoms with E-state index in [4.69, 9.17) is 4.74 Å². The highest BCUT2D eigenvalue weighted by Crippen LogP contribution is 2.44. The molecule has 30 heavy (non-hydrogen) atoms. The maximum absolute atomic E-state index is 13.4. The van der Waals surface area contributed by atoms with Crippen LogP contribution in [0.1, 0.15) is 34.6 Å². The molecule has 0 saturated heterocycles. The van der Waals surface area contributed by atoms with E-state index in [0.717, 1.165) is 16.7 Å². The Morgan fingerprint density at radius 1 is 1.07 bits per heavy atom. The van der Waals surface area contributed by atoms with Gasteiger partial charge in [0.05, 0.1) is 6.54 Å². The number of amides is 1. The molecule has 0 heterocycles. The van der Waals surface area contributed by atoms with Gasteiger partial charge in [-0.15, -0.1) is 0 Å². The molecule has 5 heteroatoms. The van der Waals surface area contributed by atoms with Gasteiger partial charge in [0.2, 0.25) is 0 Å². The van der Waals surface area contributed by atoms with Crippen molar-refractivity contribution in [3.8, 4) is 11.1 Å². The Morgan fingerprint density at radius 3 is 2.43 bits per heavy atom. The number of carbonyl (C=O) groups is 1. The van der Waals surface area contributed by atoms with Crippen LogP contribution in [0.2, 0.25) is 0 Å². The Hall–Kier alpha value is -3.18. The number of aryl methyl sites for hydroxylation is 1. The standard InChI is InChI=1S/C25H22FNO3/c26-17-9-10-23-16(13-17)11-12-25(23,29)15-27-24(28)30-14-22-20-7-3-1-5-18(20)19-6-2-4-8-21(19)22/h1-10,13,22,29H,11-12,14-15H2,(H,27,28). The van der Waals surface area contributed by atoms with Gasteiger partial charge >= 0.3 is 6.09 Å². The average Bonchev–Trinajstić information content (AvgIpc) is 3.26. The second-order valence-corrected chi connectivity index (χ2v) is 8.01. The van der Waals surface area contributed by atoms with Gasteiger partial charge < -0.3 is 15.2 Å². The quantitative estimate of drug-likeness (QED) is 0.674. The van der Waals surface area contributed by atoms with Crippen LogP contribution in [0, 0.1) is 5.82 Å². The van der Waals surface area contributed by atoms with Crippen LogP contribution < -0.4 is 5.32 Å². The molecule has 2 N–H and O–H groups in total. The summed E-state index contributed by atoms with van der Waals surface area (Å²) in [5, 5.41) is 13.6. The molecule has 0 saturated carbocycles. The third kappa shape index (κ3) is 3.15. The minimum Gasteiger partial charge on any atom is -0.449 e. The molecular formula is C25H22FNO3. The van der Waals surface area contributed by atoms with Crippen LogP contribution in [-0.2, 0) is 16.8 Å². The lowest BCUT2D eigenvalue weighted by Crippen LogP contribution is -2.39. The minimum absolute atomic E-state index is 0.0126. The third-order valence-electron chi connectivity index (χ3n) is 6.25. The SMILES string of the molecule is O=C(NCC1(O)CCc2cc(F)ccc21)OCC1c2ccccc2-c2ccccc21. The number of fused-ring (bicyclic) bond motifs is 4. The highest BCUT2D eigenvalue weighted by atomic mass is 19.1. The molecule has 3 aromatic carbocycles. The van der Waals surface area contributed by atoms with Crippen LogP contribution in [0.15, 0.2) is 66.7 Å². The Kier molecular flexibility index (Phi) is 4.55. The van der Waals surface area contributed by atoms with E-state index in [1.165, 1.54) is 23.3 Å². The van der Waals surface area contributed by atoms with E-state index in [9.17, 15) is 14.3 Å². The van der Waals surface area contributed by atoms with Gasteiger partial charge in [-0.05, 0) is 58.4 Å². The Labute approximate surface area is 174 Å².